The van der Waals surface area contributed by atoms with Gasteiger partial charge in [-0.05, 0) is 19.1 Å². The lowest BCUT2D eigenvalue weighted by molar-refractivity contribution is 0.0574. The third kappa shape index (κ3) is 2.94. The van der Waals surface area contributed by atoms with Crippen molar-refractivity contribution >= 4 is 41.7 Å². The summed E-state index contributed by atoms with van der Waals surface area (Å²) in [6.07, 6.45) is 0. The molecule has 1 atom stereocenters. The molecular weight excluding hydrogens is 355 g/mol. The lowest BCUT2D eigenvalue weighted by Gasteiger charge is -2.25. The molecule has 0 saturated heterocycles. The first-order valence-corrected chi connectivity index (χ1v) is 10.8. The molecular formula is C13H19IN2OSi. The number of halogens is 1. The maximum atomic E-state index is 6.02. The number of rotatable bonds is 4. The highest BCUT2D eigenvalue weighted by molar-refractivity contribution is 14.1. The number of hydrogen-bond acceptors (Lipinski definition) is 2. The van der Waals surface area contributed by atoms with E-state index in [-0.39, 0.29) is 0 Å². The van der Waals surface area contributed by atoms with Gasteiger partial charge in [0.2, 0.25) is 0 Å². The fourth-order valence-corrected chi connectivity index (χ4v) is 2.84. The van der Waals surface area contributed by atoms with Gasteiger partial charge in [-0.2, -0.15) is 0 Å². The van der Waals surface area contributed by atoms with Gasteiger partial charge in [0.25, 0.3) is 0 Å². The monoisotopic (exact) mass is 374 g/mol. The fraction of sp³-hybridized carbons (Fsp3) is 0.462. The first-order chi connectivity index (χ1) is 8.39. The quantitative estimate of drug-likeness (QED) is 0.600. The second kappa shape index (κ2) is 5.30. The summed E-state index contributed by atoms with van der Waals surface area (Å²) in [6, 6.07) is 8.18. The number of fused-ring (bicyclic) bond motifs is 1. The van der Waals surface area contributed by atoms with Gasteiger partial charge in [-0.1, -0.05) is 31.8 Å². The highest BCUT2D eigenvalue weighted by Gasteiger charge is 2.23. The van der Waals surface area contributed by atoms with Crippen LogP contribution >= 0.6 is 22.6 Å². The van der Waals surface area contributed by atoms with E-state index in [0.29, 0.717) is 12.5 Å². The van der Waals surface area contributed by atoms with Crippen molar-refractivity contribution in [2.24, 2.45) is 0 Å². The Hall–Kier alpha value is -0.403. The number of ether oxygens (including phenoxy) is 1. The molecule has 1 aromatic heterocycles. The molecule has 3 nitrogen and oxygen atoms in total. The SMILES string of the molecule is CC(OCn1c(I)nc2ccccc21)[Si](C)(C)C. The van der Waals surface area contributed by atoms with Crippen LogP contribution in [0.2, 0.25) is 19.6 Å². The summed E-state index contributed by atoms with van der Waals surface area (Å²) >= 11 is 2.26. The highest BCUT2D eigenvalue weighted by Crippen LogP contribution is 2.19. The summed E-state index contributed by atoms with van der Waals surface area (Å²) < 4.78 is 9.13. The summed E-state index contributed by atoms with van der Waals surface area (Å²) in [4.78, 5) is 4.53. The summed E-state index contributed by atoms with van der Waals surface area (Å²) in [5.74, 6) is 0. The minimum Gasteiger partial charge on any atom is -0.361 e. The van der Waals surface area contributed by atoms with Crippen LogP contribution in [0, 0.1) is 3.83 Å². The molecule has 0 aliphatic heterocycles. The van der Waals surface area contributed by atoms with Gasteiger partial charge in [-0.3, -0.25) is 4.57 Å². The first-order valence-electron chi connectivity index (χ1n) is 6.12. The van der Waals surface area contributed by atoms with Crippen molar-refractivity contribution in [3.63, 3.8) is 0 Å². The highest BCUT2D eigenvalue weighted by atomic mass is 127. The first kappa shape index (κ1) is 14.0. The molecule has 2 aromatic rings. The second-order valence-electron chi connectivity index (χ2n) is 5.60. The Morgan fingerprint density at radius 1 is 1.33 bits per heavy atom. The van der Waals surface area contributed by atoms with Gasteiger partial charge in [-0.15, -0.1) is 0 Å². The van der Waals surface area contributed by atoms with Crippen LogP contribution in [-0.2, 0) is 11.5 Å². The van der Waals surface area contributed by atoms with Crippen LogP contribution in [0.3, 0.4) is 0 Å². The summed E-state index contributed by atoms with van der Waals surface area (Å²) in [7, 11) is -1.24. The second-order valence-corrected chi connectivity index (χ2v) is 12.1. The molecule has 2 rings (SSSR count). The maximum absolute atomic E-state index is 6.02. The van der Waals surface area contributed by atoms with Crippen molar-refractivity contribution in [2.45, 2.75) is 39.0 Å². The molecule has 0 aliphatic rings. The normalized spacial score (nSPS) is 14.1. The van der Waals surface area contributed by atoms with Gasteiger partial charge >= 0.3 is 0 Å². The van der Waals surface area contributed by atoms with Crippen LogP contribution in [0.4, 0.5) is 0 Å². The van der Waals surface area contributed by atoms with Gasteiger partial charge in [-0.25, -0.2) is 4.98 Å². The third-order valence-electron chi connectivity index (χ3n) is 3.28. The molecule has 1 unspecified atom stereocenters. The summed E-state index contributed by atoms with van der Waals surface area (Å²) in [6.45, 7) is 9.75. The van der Waals surface area contributed by atoms with E-state index < -0.39 is 8.07 Å². The zero-order valence-electron chi connectivity index (χ0n) is 11.3. The van der Waals surface area contributed by atoms with Crippen molar-refractivity contribution < 1.29 is 4.74 Å². The van der Waals surface area contributed by atoms with Gasteiger partial charge in [0.15, 0.2) is 3.83 Å². The number of aromatic nitrogens is 2. The molecule has 0 N–H and O–H groups in total. The van der Waals surface area contributed by atoms with E-state index >= 15 is 0 Å². The maximum Gasteiger partial charge on any atom is 0.174 e. The molecule has 98 valence electrons. The van der Waals surface area contributed by atoms with E-state index in [4.69, 9.17) is 4.74 Å². The van der Waals surface area contributed by atoms with Gasteiger partial charge < -0.3 is 4.74 Å². The van der Waals surface area contributed by atoms with Crippen LogP contribution < -0.4 is 0 Å². The smallest absolute Gasteiger partial charge is 0.174 e. The summed E-state index contributed by atoms with van der Waals surface area (Å²) in [5.41, 5.74) is 2.52. The van der Waals surface area contributed by atoms with E-state index in [1.165, 1.54) is 0 Å². The third-order valence-corrected chi connectivity index (χ3v) is 6.71. The Bertz CT molecular complexity index is 547. The molecule has 18 heavy (non-hydrogen) atoms. The zero-order valence-corrected chi connectivity index (χ0v) is 14.4. The number of imidazole rings is 1. The molecule has 0 aliphatic carbocycles. The van der Waals surface area contributed by atoms with Crippen molar-refractivity contribution in [1.29, 1.82) is 0 Å². The lowest BCUT2D eigenvalue weighted by Crippen LogP contribution is -2.38. The Morgan fingerprint density at radius 3 is 2.67 bits per heavy atom. The molecule has 0 fully saturated rings. The van der Waals surface area contributed by atoms with Crippen molar-refractivity contribution in [3.05, 3.63) is 28.1 Å². The molecule has 0 bridgehead atoms. The van der Waals surface area contributed by atoms with Gasteiger partial charge in [0.05, 0.1) is 19.1 Å². The standard InChI is InChI=1S/C13H19IN2OSi/c1-10(18(2,3)4)17-9-16-12-8-6-5-7-11(12)15-13(16)14/h5-8,10H,9H2,1-4H3. The van der Waals surface area contributed by atoms with Crippen LogP contribution in [0.1, 0.15) is 6.92 Å². The van der Waals surface area contributed by atoms with Crippen LogP contribution in [0.15, 0.2) is 24.3 Å². The lowest BCUT2D eigenvalue weighted by atomic mass is 10.3. The average molecular weight is 374 g/mol. The van der Waals surface area contributed by atoms with E-state index in [2.05, 4.69) is 64.8 Å². The predicted molar refractivity (Wildman–Crippen MR) is 86.3 cm³/mol. The van der Waals surface area contributed by atoms with Crippen LogP contribution in [0.25, 0.3) is 11.0 Å². The van der Waals surface area contributed by atoms with Crippen molar-refractivity contribution in [1.82, 2.24) is 9.55 Å². The zero-order chi connectivity index (χ0) is 13.3. The molecule has 1 aromatic carbocycles. The van der Waals surface area contributed by atoms with Crippen LogP contribution in [0.5, 0.6) is 0 Å². The Balaban J connectivity index is 2.20. The molecule has 0 spiro atoms. The Kier molecular flexibility index (Phi) is 4.13. The topological polar surface area (TPSA) is 27.1 Å². The minimum atomic E-state index is -1.24. The summed E-state index contributed by atoms with van der Waals surface area (Å²) in [5, 5.41) is 0. The van der Waals surface area contributed by atoms with E-state index in [0.717, 1.165) is 14.9 Å². The van der Waals surface area contributed by atoms with E-state index in [1.807, 2.05) is 18.2 Å². The largest absolute Gasteiger partial charge is 0.361 e. The number of nitrogens with zero attached hydrogens (tertiary/aromatic N) is 2. The number of para-hydroxylation sites is 2. The molecule has 0 radical (unpaired) electrons. The van der Waals surface area contributed by atoms with Gasteiger partial charge in [0, 0.05) is 28.3 Å². The molecule has 0 saturated carbocycles. The van der Waals surface area contributed by atoms with E-state index in [1.54, 1.807) is 0 Å². The number of hydrogen-bond donors (Lipinski definition) is 0. The minimum absolute atomic E-state index is 0.342. The van der Waals surface area contributed by atoms with E-state index in [9.17, 15) is 0 Å². The Labute approximate surface area is 123 Å². The molecule has 5 heteroatoms. The predicted octanol–water partition coefficient (Wildman–Crippen LogP) is 3.88. The Morgan fingerprint density at radius 2 is 2.00 bits per heavy atom. The van der Waals surface area contributed by atoms with Crippen molar-refractivity contribution in [2.75, 3.05) is 0 Å². The van der Waals surface area contributed by atoms with Crippen molar-refractivity contribution in [3.8, 4) is 0 Å². The average Bonchev–Trinajstić information content (AvgIpc) is 2.60. The molecule has 0 amide bonds. The van der Waals surface area contributed by atoms with Crippen LogP contribution in [-0.4, -0.2) is 23.4 Å². The van der Waals surface area contributed by atoms with Gasteiger partial charge in [0.1, 0.15) is 6.73 Å². The molecule has 1 heterocycles. The fourth-order valence-electron chi connectivity index (χ4n) is 1.61. The number of benzene rings is 1.